The summed E-state index contributed by atoms with van der Waals surface area (Å²) in [6, 6.07) is 10.1. The average Bonchev–Trinajstić information content (AvgIpc) is 2.99. The number of rotatable bonds is 7. The predicted octanol–water partition coefficient (Wildman–Crippen LogP) is 3.14. The van der Waals surface area contributed by atoms with E-state index in [0.29, 0.717) is 21.2 Å². The van der Waals surface area contributed by atoms with Gasteiger partial charge in [0.15, 0.2) is 5.78 Å². The van der Waals surface area contributed by atoms with E-state index in [2.05, 4.69) is 5.32 Å². The molecule has 0 aliphatic rings. The van der Waals surface area contributed by atoms with Gasteiger partial charge in [0.05, 0.1) is 10.6 Å². The molecule has 0 atom stereocenters. The third-order valence-corrected chi connectivity index (χ3v) is 3.93. The van der Waals surface area contributed by atoms with Crippen LogP contribution in [0.2, 0.25) is 0 Å². The van der Waals surface area contributed by atoms with Crippen molar-refractivity contribution in [3.05, 3.63) is 46.8 Å². The van der Waals surface area contributed by atoms with Crippen LogP contribution in [0.1, 0.15) is 33.9 Å². The number of hydrogen-bond donors (Lipinski definition) is 1. The van der Waals surface area contributed by atoms with Crippen LogP contribution in [0, 0.1) is 0 Å². The summed E-state index contributed by atoms with van der Waals surface area (Å²) >= 11 is 1.14. The van der Waals surface area contributed by atoms with Gasteiger partial charge in [-0.2, -0.15) is 0 Å². The number of carbonyl (C=O) groups excluding carboxylic acids is 3. The number of esters is 1. The SMILES string of the molecule is CC(=O)Nc1ccc(C(=O)OCCOc2ccccc2C(C)=O)s1. The zero-order valence-electron chi connectivity index (χ0n) is 13.3. The van der Waals surface area contributed by atoms with E-state index < -0.39 is 5.97 Å². The Bertz CT molecular complexity index is 753. The molecule has 0 unspecified atom stereocenters. The van der Waals surface area contributed by atoms with Crippen molar-refractivity contribution in [3.63, 3.8) is 0 Å². The second kappa shape index (κ2) is 8.26. The van der Waals surface area contributed by atoms with Crippen molar-refractivity contribution in [2.75, 3.05) is 18.5 Å². The summed E-state index contributed by atoms with van der Waals surface area (Å²) in [5.74, 6) is -0.314. The fourth-order valence-electron chi connectivity index (χ4n) is 1.93. The molecule has 126 valence electrons. The standard InChI is InChI=1S/C17H17NO5S/c1-11(19)13-5-3-4-6-14(13)22-9-10-23-17(21)15-7-8-16(24-15)18-12(2)20/h3-8H,9-10H2,1-2H3,(H,18,20). The highest BCUT2D eigenvalue weighted by atomic mass is 32.1. The Morgan fingerprint density at radius 3 is 2.50 bits per heavy atom. The Morgan fingerprint density at radius 2 is 1.79 bits per heavy atom. The fourth-order valence-corrected chi connectivity index (χ4v) is 2.77. The van der Waals surface area contributed by atoms with Crippen LogP contribution in [0.25, 0.3) is 0 Å². The number of ether oxygens (including phenoxy) is 2. The van der Waals surface area contributed by atoms with Crippen molar-refractivity contribution in [2.45, 2.75) is 13.8 Å². The first kappa shape index (κ1) is 17.7. The maximum Gasteiger partial charge on any atom is 0.348 e. The molecule has 1 heterocycles. The van der Waals surface area contributed by atoms with Crippen LogP contribution in [0.4, 0.5) is 5.00 Å². The first-order valence-electron chi connectivity index (χ1n) is 7.24. The molecule has 2 aromatic rings. The smallest absolute Gasteiger partial charge is 0.348 e. The minimum absolute atomic E-state index is 0.0540. The number of thiophene rings is 1. The Hall–Kier alpha value is -2.67. The van der Waals surface area contributed by atoms with Crippen LogP contribution >= 0.6 is 11.3 Å². The largest absolute Gasteiger partial charge is 0.489 e. The van der Waals surface area contributed by atoms with Gasteiger partial charge in [0.2, 0.25) is 5.91 Å². The van der Waals surface area contributed by atoms with Crippen LogP contribution in [-0.4, -0.2) is 30.9 Å². The first-order chi connectivity index (χ1) is 11.5. The molecular weight excluding hydrogens is 330 g/mol. The maximum atomic E-state index is 11.9. The summed E-state index contributed by atoms with van der Waals surface area (Å²) in [7, 11) is 0. The molecule has 2 rings (SSSR count). The Morgan fingerprint density at radius 1 is 1.04 bits per heavy atom. The first-order valence-corrected chi connectivity index (χ1v) is 8.06. The van der Waals surface area contributed by atoms with Crippen molar-refractivity contribution in [2.24, 2.45) is 0 Å². The molecule has 0 bridgehead atoms. The van der Waals surface area contributed by atoms with Gasteiger partial charge in [0.25, 0.3) is 0 Å². The molecule has 0 spiro atoms. The third-order valence-electron chi connectivity index (χ3n) is 2.95. The van der Waals surface area contributed by atoms with E-state index in [4.69, 9.17) is 9.47 Å². The summed E-state index contributed by atoms with van der Waals surface area (Å²) in [4.78, 5) is 34.7. The summed E-state index contributed by atoms with van der Waals surface area (Å²) in [5.41, 5.74) is 0.488. The highest BCUT2D eigenvalue weighted by molar-refractivity contribution is 7.18. The zero-order chi connectivity index (χ0) is 17.5. The number of carbonyl (C=O) groups is 3. The topological polar surface area (TPSA) is 81.7 Å². The number of Topliss-reactive ketones (excluding diaryl/α,β-unsaturated/α-hetero) is 1. The van der Waals surface area contributed by atoms with Crippen LogP contribution in [0.3, 0.4) is 0 Å². The predicted molar refractivity (Wildman–Crippen MR) is 90.8 cm³/mol. The van der Waals surface area contributed by atoms with Crippen LogP contribution < -0.4 is 10.1 Å². The number of para-hydroxylation sites is 1. The minimum Gasteiger partial charge on any atom is -0.489 e. The quantitative estimate of drug-likeness (QED) is 0.473. The summed E-state index contributed by atoms with van der Waals surface area (Å²) < 4.78 is 10.6. The Balaban J connectivity index is 1.82. The van der Waals surface area contributed by atoms with Gasteiger partial charge in [-0.1, -0.05) is 12.1 Å². The lowest BCUT2D eigenvalue weighted by molar-refractivity contribution is -0.114. The molecule has 1 amide bonds. The molecule has 6 nitrogen and oxygen atoms in total. The number of benzene rings is 1. The molecule has 0 aliphatic carbocycles. The molecule has 1 aromatic heterocycles. The Labute approximate surface area is 143 Å². The van der Waals surface area contributed by atoms with E-state index in [1.807, 2.05) is 0 Å². The van der Waals surface area contributed by atoms with Crippen molar-refractivity contribution in [1.82, 2.24) is 0 Å². The molecule has 0 fully saturated rings. The number of hydrogen-bond acceptors (Lipinski definition) is 6. The molecule has 0 saturated carbocycles. The highest BCUT2D eigenvalue weighted by Gasteiger charge is 2.12. The molecular formula is C17H17NO5S. The molecule has 7 heteroatoms. The van der Waals surface area contributed by atoms with Crippen LogP contribution in [0.15, 0.2) is 36.4 Å². The molecule has 0 aliphatic heterocycles. The van der Waals surface area contributed by atoms with E-state index >= 15 is 0 Å². The lowest BCUT2D eigenvalue weighted by Gasteiger charge is -2.09. The summed E-state index contributed by atoms with van der Waals surface area (Å²) in [6.45, 7) is 3.05. The van der Waals surface area contributed by atoms with Crippen molar-refractivity contribution >= 4 is 34.0 Å². The second-order valence-electron chi connectivity index (χ2n) is 4.88. The summed E-state index contributed by atoms with van der Waals surface area (Å²) in [6.07, 6.45) is 0. The second-order valence-corrected chi connectivity index (χ2v) is 5.97. The third kappa shape index (κ3) is 4.92. The fraction of sp³-hybridized carbons (Fsp3) is 0.235. The molecule has 0 saturated heterocycles. The van der Waals surface area contributed by atoms with E-state index in [0.717, 1.165) is 11.3 Å². The normalized spacial score (nSPS) is 10.1. The number of amides is 1. The van der Waals surface area contributed by atoms with Crippen molar-refractivity contribution < 1.29 is 23.9 Å². The summed E-state index contributed by atoms with van der Waals surface area (Å²) in [5, 5.41) is 3.19. The van der Waals surface area contributed by atoms with Gasteiger partial charge in [-0.3, -0.25) is 9.59 Å². The number of ketones is 1. The molecule has 1 N–H and O–H groups in total. The van der Waals surface area contributed by atoms with Crippen molar-refractivity contribution in [1.29, 1.82) is 0 Å². The van der Waals surface area contributed by atoms with Gasteiger partial charge < -0.3 is 14.8 Å². The average molecular weight is 347 g/mol. The highest BCUT2D eigenvalue weighted by Crippen LogP contribution is 2.22. The van der Waals surface area contributed by atoms with E-state index in [1.165, 1.54) is 13.8 Å². The minimum atomic E-state index is -0.486. The van der Waals surface area contributed by atoms with Crippen molar-refractivity contribution in [3.8, 4) is 5.75 Å². The van der Waals surface area contributed by atoms with Crippen LogP contribution in [0.5, 0.6) is 5.75 Å². The Kier molecular flexibility index (Phi) is 6.08. The number of nitrogens with one attached hydrogen (secondary N) is 1. The monoisotopic (exact) mass is 347 g/mol. The van der Waals surface area contributed by atoms with Gasteiger partial charge in [-0.15, -0.1) is 11.3 Å². The van der Waals surface area contributed by atoms with E-state index in [9.17, 15) is 14.4 Å². The lowest BCUT2D eigenvalue weighted by atomic mass is 10.1. The van der Waals surface area contributed by atoms with Gasteiger partial charge in [0.1, 0.15) is 23.8 Å². The van der Waals surface area contributed by atoms with Gasteiger partial charge in [0, 0.05) is 6.92 Å². The zero-order valence-corrected chi connectivity index (χ0v) is 14.1. The van der Waals surface area contributed by atoms with E-state index in [-0.39, 0.29) is 24.9 Å². The molecule has 1 aromatic carbocycles. The maximum absolute atomic E-state index is 11.9. The molecule has 0 radical (unpaired) electrons. The van der Waals surface area contributed by atoms with Crippen LogP contribution in [-0.2, 0) is 9.53 Å². The van der Waals surface area contributed by atoms with Gasteiger partial charge in [-0.25, -0.2) is 4.79 Å². The molecule has 24 heavy (non-hydrogen) atoms. The van der Waals surface area contributed by atoms with Gasteiger partial charge >= 0.3 is 5.97 Å². The van der Waals surface area contributed by atoms with Gasteiger partial charge in [-0.05, 0) is 31.2 Å². The lowest BCUT2D eigenvalue weighted by Crippen LogP contribution is -2.12. The van der Waals surface area contributed by atoms with E-state index in [1.54, 1.807) is 36.4 Å². The number of anilines is 1.